The average molecular weight is 248 g/mol. The first-order valence-electron chi connectivity index (χ1n) is 6.51. The highest BCUT2D eigenvalue weighted by Crippen LogP contribution is 2.18. The van der Waals surface area contributed by atoms with E-state index in [1.165, 1.54) is 12.8 Å². The van der Waals surface area contributed by atoms with Crippen molar-refractivity contribution in [2.45, 2.75) is 31.4 Å². The van der Waals surface area contributed by atoms with Crippen molar-refractivity contribution in [1.82, 2.24) is 10.6 Å². The summed E-state index contributed by atoms with van der Waals surface area (Å²) in [4.78, 5) is 11.7. The number of hydrogen-bond acceptors (Lipinski definition) is 3. The Balaban J connectivity index is 1.64. The maximum Gasteiger partial charge on any atom is 0.253 e. The third-order valence-corrected chi connectivity index (χ3v) is 3.03. The Labute approximate surface area is 107 Å². The van der Waals surface area contributed by atoms with Crippen molar-refractivity contribution < 1.29 is 9.90 Å². The highest BCUT2D eigenvalue weighted by molar-refractivity contribution is 5.81. The summed E-state index contributed by atoms with van der Waals surface area (Å²) in [5.41, 5.74) is 0.631. The molecule has 1 aromatic carbocycles. The minimum atomic E-state index is -1.07. The molecule has 1 aliphatic rings. The molecule has 1 saturated carbocycles. The fourth-order valence-electron chi connectivity index (χ4n) is 1.78. The van der Waals surface area contributed by atoms with Crippen LogP contribution in [0.1, 0.15) is 30.9 Å². The first-order chi connectivity index (χ1) is 8.77. The van der Waals surface area contributed by atoms with E-state index in [1.807, 2.05) is 18.2 Å². The first-order valence-corrected chi connectivity index (χ1v) is 6.51. The van der Waals surface area contributed by atoms with Crippen LogP contribution in [-0.2, 0) is 4.79 Å². The van der Waals surface area contributed by atoms with Gasteiger partial charge in [0.1, 0.15) is 0 Å². The summed E-state index contributed by atoms with van der Waals surface area (Å²) in [6, 6.07) is 9.68. The van der Waals surface area contributed by atoms with Crippen LogP contribution in [0.2, 0.25) is 0 Å². The maximum atomic E-state index is 11.7. The minimum Gasteiger partial charge on any atom is -0.378 e. The van der Waals surface area contributed by atoms with Crippen LogP contribution in [0.3, 0.4) is 0 Å². The number of aliphatic hydroxyl groups excluding tert-OH is 1. The van der Waals surface area contributed by atoms with Gasteiger partial charge in [-0.05, 0) is 31.4 Å². The lowest BCUT2D eigenvalue weighted by Gasteiger charge is -2.11. The Hall–Kier alpha value is -1.39. The van der Waals surface area contributed by atoms with Crippen LogP contribution in [0.25, 0.3) is 0 Å². The highest BCUT2D eigenvalue weighted by Gasteiger charge is 2.19. The van der Waals surface area contributed by atoms with Gasteiger partial charge >= 0.3 is 0 Å². The summed E-state index contributed by atoms with van der Waals surface area (Å²) in [6.07, 6.45) is 2.38. The molecule has 0 spiro atoms. The van der Waals surface area contributed by atoms with E-state index in [4.69, 9.17) is 0 Å². The number of nitrogens with one attached hydrogen (secondary N) is 2. The van der Waals surface area contributed by atoms with Gasteiger partial charge in [-0.3, -0.25) is 4.79 Å². The van der Waals surface area contributed by atoms with E-state index in [9.17, 15) is 9.90 Å². The van der Waals surface area contributed by atoms with Crippen molar-refractivity contribution in [3.63, 3.8) is 0 Å². The number of amides is 1. The van der Waals surface area contributed by atoms with Crippen molar-refractivity contribution >= 4 is 5.91 Å². The normalized spacial score (nSPS) is 16.3. The molecule has 1 fully saturated rings. The zero-order valence-corrected chi connectivity index (χ0v) is 10.4. The van der Waals surface area contributed by atoms with Crippen molar-refractivity contribution in [2.75, 3.05) is 13.1 Å². The van der Waals surface area contributed by atoms with Gasteiger partial charge in [-0.15, -0.1) is 0 Å². The van der Waals surface area contributed by atoms with E-state index in [-0.39, 0.29) is 5.91 Å². The summed E-state index contributed by atoms with van der Waals surface area (Å²) < 4.78 is 0. The average Bonchev–Trinajstić information content (AvgIpc) is 3.22. The van der Waals surface area contributed by atoms with Crippen molar-refractivity contribution in [1.29, 1.82) is 0 Å². The van der Waals surface area contributed by atoms with Crippen molar-refractivity contribution in [3.8, 4) is 0 Å². The Morgan fingerprint density at radius 1 is 1.28 bits per heavy atom. The first kappa shape index (κ1) is 13.1. The van der Waals surface area contributed by atoms with Gasteiger partial charge < -0.3 is 15.7 Å². The molecule has 4 heteroatoms. The lowest BCUT2D eigenvalue weighted by Crippen LogP contribution is -2.31. The Morgan fingerprint density at radius 2 is 2.00 bits per heavy atom. The van der Waals surface area contributed by atoms with Crippen LogP contribution < -0.4 is 10.6 Å². The van der Waals surface area contributed by atoms with E-state index in [0.717, 1.165) is 13.0 Å². The molecule has 0 radical (unpaired) electrons. The molecule has 18 heavy (non-hydrogen) atoms. The number of benzene rings is 1. The van der Waals surface area contributed by atoms with Crippen molar-refractivity contribution in [2.24, 2.45) is 0 Å². The third-order valence-electron chi connectivity index (χ3n) is 3.03. The molecule has 98 valence electrons. The molecule has 0 aromatic heterocycles. The summed E-state index contributed by atoms with van der Waals surface area (Å²) in [6.45, 7) is 1.52. The third kappa shape index (κ3) is 4.13. The second-order valence-corrected chi connectivity index (χ2v) is 4.69. The molecule has 1 atom stereocenters. The molecular formula is C14H20N2O2. The largest absolute Gasteiger partial charge is 0.378 e. The molecule has 1 aromatic rings. The minimum absolute atomic E-state index is 0.326. The number of hydrogen-bond donors (Lipinski definition) is 3. The van der Waals surface area contributed by atoms with Crippen LogP contribution in [-0.4, -0.2) is 30.1 Å². The zero-order chi connectivity index (χ0) is 12.8. The van der Waals surface area contributed by atoms with Gasteiger partial charge in [0.2, 0.25) is 0 Å². The maximum absolute atomic E-state index is 11.7. The fraction of sp³-hybridized carbons (Fsp3) is 0.500. The van der Waals surface area contributed by atoms with Crippen molar-refractivity contribution in [3.05, 3.63) is 35.9 Å². The SMILES string of the molecule is O=C(NCCCNC1CC1)C(O)c1ccccc1. The molecular weight excluding hydrogens is 228 g/mol. The number of rotatable bonds is 7. The highest BCUT2D eigenvalue weighted by atomic mass is 16.3. The number of aliphatic hydroxyl groups is 1. The molecule has 0 heterocycles. The van der Waals surface area contributed by atoms with E-state index < -0.39 is 6.10 Å². The Kier molecular flexibility index (Phi) is 4.73. The molecule has 1 unspecified atom stereocenters. The molecule has 0 aliphatic heterocycles. The molecule has 4 nitrogen and oxygen atoms in total. The lowest BCUT2D eigenvalue weighted by molar-refractivity contribution is -0.129. The molecule has 0 bridgehead atoms. The quantitative estimate of drug-likeness (QED) is 0.630. The molecule has 1 amide bonds. The summed E-state index contributed by atoms with van der Waals surface area (Å²) in [7, 11) is 0. The van der Waals surface area contributed by atoms with Crippen LogP contribution >= 0.6 is 0 Å². The molecule has 0 saturated heterocycles. The second-order valence-electron chi connectivity index (χ2n) is 4.69. The topological polar surface area (TPSA) is 61.4 Å². The van der Waals surface area contributed by atoms with Crippen LogP contribution in [0.4, 0.5) is 0 Å². The standard InChI is InChI=1S/C14H20N2O2/c17-13(11-5-2-1-3-6-11)14(18)16-10-4-9-15-12-7-8-12/h1-3,5-6,12-13,15,17H,4,7-10H2,(H,16,18). The number of carbonyl (C=O) groups is 1. The monoisotopic (exact) mass is 248 g/mol. The van der Waals surface area contributed by atoms with Gasteiger partial charge in [-0.1, -0.05) is 30.3 Å². The zero-order valence-electron chi connectivity index (χ0n) is 10.4. The molecule has 3 N–H and O–H groups in total. The summed E-state index contributed by atoms with van der Waals surface area (Å²) in [5, 5.41) is 15.9. The Bertz CT molecular complexity index is 377. The molecule has 2 rings (SSSR count). The van der Waals surface area contributed by atoms with Gasteiger partial charge in [-0.2, -0.15) is 0 Å². The summed E-state index contributed by atoms with van der Waals surface area (Å²) >= 11 is 0. The van der Waals surface area contributed by atoms with Gasteiger partial charge in [0.25, 0.3) is 5.91 Å². The fourth-order valence-corrected chi connectivity index (χ4v) is 1.78. The van der Waals surface area contributed by atoms with Gasteiger partial charge in [-0.25, -0.2) is 0 Å². The van der Waals surface area contributed by atoms with E-state index in [2.05, 4.69) is 10.6 Å². The van der Waals surface area contributed by atoms with E-state index >= 15 is 0 Å². The second kappa shape index (κ2) is 6.52. The van der Waals surface area contributed by atoms with Gasteiger partial charge in [0, 0.05) is 12.6 Å². The van der Waals surface area contributed by atoms with Gasteiger partial charge in [0.15, 0.2) is 6.10 Å². The smallest absolute Gasteiger partial charge is 0.253 e. The van der Waals surface area contributed by atoms with E-state index in [0.29, 0.717) is 18.2 Å². The molecule has 1 aliphatic carbocycles. The number of carbonyl (C=O) groups excluding carboxylic acids is 1. The van der Waals surface area contributed by atoms with Crippen LogP contribution in [0.5, 0.6) is 0 Å². The lowest BCUT2D eigenvalue weighted by atomic mass is 10.1. The van der Waals surface area contributed by atoms with Crippen LogP contribution in [0, 0.1) is 0 Å². The summed E-state index contributed by atoms with van der Waals surface area (Å²) in [5.74, 6) is -0.326. The van der Waals surface area contributed by atoms with E-state index in [1.54, 1.807) is 12.1 Å². The predicted molar refractivity (Wildman–Crippen MR) is 70.1 cm³/mol. The predicted octanol–water partition coefficient (Wildman–Crippen LogP) is 0.978. The van der Waals surface area contributed by atoms with Crippen LogP contribution in [0.15, 0.2) is 30.3 Å². The Morgan fingerprint density at radius 3 is 2.67 bits per heavy atom. The van der Waals surface area contributed by atoms with Gasteiger partial charge in [0.05, 0.1) is 0 Å².